The van der Waals surface area contributed by atoms with E-state index in [1.165, 1.54) is 12.1 Å². The van der Waals surface area contributed by atoms with Gasteiger partial charge in [0.25, 0.3) is 5.91 Å². The van der Waals surface area contributed by atoms with E-state index >= 15 is 0 Å². The minimum absolute atomic E-state index is 0.275. The van der Waals surface area contributed by atoms with E-state index in [0.29, 0.717) is 11.3 Å². The molecule has 0 aliphatic heterocycles. The molecule has 2 aromatic carbocycles. The molecule has 0 saturated heterocycles. The van der Waals surface area contributed by atoms with Crippen LogP contribution in [0.1, 0.15) is 21.5 Å². The van der Waals surface area contributed by atoms with Gasteiger partial charge in [0.2, 0.25) is 0 Å². The Labute approximate surface area is 121 Å². The third-order valence-corrected chi connectivity index (χ3v) is 3.42. The van der Waals surface area contributed by atoms with Gasteiger partial charge in [-0.25, -0.2) is 9.37 Å². The van der Waals surface area contributed by atoms with Crippen LogP contribution in [0.25, 0.3) is 11.0 Å². The van der Waals surface area contributed by atoms with Gasteiger partial charge < -0.3 is 10.3 Å². The first-order valence-electron chi connectivity index (χ1n) is 6.56. The molecule has 0 atom stereocenters. The van der Waals surface area contributed by atoms with E-state index in [2.05, 4.69) is 15.3 Å². The molecule has 4 nitrogen and oxygen atoms in total. The lowest BCUT2D eigenvalue weighted by Gasteiger charge is -2.09. The second-order valence-corrected chi connectivity index (χ2v) is 5.01. The lowest BCUT2D eigenvalue weighted by Crippen LogP contribution is -2.13. The molecule has 0 radical (unpaired) electrons. The third kappa shape index (κ3) is 2.50. The van der Waals surface area contributed by atoms with Crippen LogP contribution in [0.4, 0.5) is 10.1 Å². The highest BCUT2D eigenvalue weighted by Gasteiger charge is 2.11. The van der Waals surface area contributed by atoms with Gasteiger partial charge in [-0.1, -0.05) is 6.07 Å². The first kappa shape index (κ1) is 13.3. The third-order valence-electron chi connectivity index (χ3n) is 3.42. The summed E-state index contributed by atoms with van der Waals surface area (Å²) < 4.78 is 13.3. The summed E-state index contributed by atoms with van der Waals surface area (Å²) >= 11 is 0. The van der Waals surface area contributed by atoms with Crippen LogP contribution in [0, 0.1) is 19.7 Å². The fourth-order valence-corrected chi connectivity index (χ4v) is 2.28. The maximum atomic E-state index is 13.3. The number of nitrogens with one attached hydrogen (secondary N) is 2. The molecule has 0 unspecified atom stereocenters. The molecule has 0 aliphatic carbocycles. The number of nitrogens with zero attached hydrogens (tertiary/aromatic N) is 1. The molecule has 106 valence electrons. The molecule has 0 aliphatic rings. The number of H-pyrrole nitrogens is 1. The highest BCUT2D eigenvalue weighted by atomic mass is 19.1. The summed E-state index contributed by atoms with van der Waals surface area (Å²) in [5.41, 5.74) is 4.35. The number of fused-ring (bicyclic) bond motifs is 1. The van der Waals surface area contributed by atoms with Crippen molar-refractivity contribution >= 4 is 22.6 Å². The van der Waals surface area contributed by atoms with E-state index in [-0.39, 0.29) is 11.7 Å². The number of hydrogen-bond acceptors (Lipinski definition) is 2. The smallest absolute Gasteiger partial charge is 0.255 e. The number of benzene rings is 2. The van der Waals surface area contributed by atoms with E-state index in [4.69, 9.17) is 0 Å². The number of aromatic nitrogens is 2. The van der Waals surface area contributed by atoms with Crippen molar-refractivity contribution in [3.63, 3.8) is 0 Å². The van der Waals surface area contributed by atoms with Gasteiger partial charge in [0.15, 0.2) is 0 Å². The molecule has 1 amide bonds. The van der Waals surface area contributed by atoms with Gasteiger partial charge in [-0.3, -0.25) is 4.79 Å². The summed E-state index contributed by atoms with van der Waals surface area (Å²) in [6.45, 7) is 3.71. The van der Waals surface area contributed by atoms with Gasteiger partial charge in [-0.05, 0) is 49.2 Å². The van der Waals surface area contributed by atoms with Gasteiger partial charge in [-0.2, -0.15) is 0 Å². The topological polar surface area (TPSA) is 57.8 Å². The zero-order valence-corrected chi connectivity index (χ0v) is 11.7. The first-order chi connectivity index (χ1) is 10.0. The Morgan fingerprint density at radius 3 is 2.81 bits per heavy atom. The molecule has 21 heavy (non-hydrogen) atoms. The van der Waals surface area contributed by atoms with Gasteiger partial charge >= 0.3 is 0 Å². The van der Waals surface area contributed by atoms with Crippen molar-refractivity contribution in [2.45, 2.75) is 13.8 Å². The van der Waals surface area contributed by atoms with Crippen molar-refractivity contribution < 1.29 is 9.18 Å². The highest BCUT2D eigenvalue weighted by molar-refractivity contribution is 6.06. The Kier molecular flexibility index (Phi) is 3.17. The summed E-state index contributed by atoms with van der Waals surface area (Å²) in [5, 5.41) is 2.74. The van der Waals surface area contributed by atoms with Gasteiger partial charge in [-0.15, -0.1) is 0 Å². The molecular formula is C16H14FN3O. The summed E-state index contributed by atoms with van der Waals surface area (Å²) in [6, 6.07) is 7.82. The fourth-order valence-electron chi connectivity index (χ4n) is 2.28. The van der Waals surface area contributed by atoms with Crippen LogP contribution in [-0.4, -0.2) is 15.9 Å². The second-order valence-electron chi connectivity index (χ2n) is 5.01. The zero-order chi connectivity index (χ0) is 15.0. The second kappa shape index (κ2) is 5.01. The zero-order valence-electron chi connectivity index (χ0n) is 11.7. The van der Waals surface area contributed by atoms with Crippen LogP contribution in [0.15, 0.2) is 36.7 Å². The number of anilines is 1. The standard InChI is InChI=1S/C16H14FN3O/c1-9-3-4-12(17)7-13(9)20-16(21)11-5-10(2)15-14(6-11)18-8-19-15/h3-8H,1-2H3,(H,18,19)(H,20,21). The fraction of sp³-hybridized carbons (Fsp3) is 0.125. The predicted molar refractivity (Wildman–Crippen MR) is 79.9 cm³/mol. The minimum atomic E-state index is -0.379. The Bertz CT molecular complexity index is 839. The van der Waals surface area contributed by atoms with Crippen LogP contribution in [0.2, 0.25) is 0 Å². The Hall–Kier alpha value is -2.69. The van der Waals surface area contributed by atoms with Gasteiger partial charge in [0, 0.05) is 11.3 Å². The maximum Gasteiger partial charge on any atom is 0.255 e. The van der Waals surface area contributed by atoms with Gasteiger partial charge in [0.1, 0.15) is 5.82 Å². The van der Waals surface area contributed by atoms with E-state index in [9.17, 15) is 9.18 Å². The molecule has 3 aromatic rings. The lowest BCUT2D eigenvalue weighted by molar-refractivity contribution is 0.102. The number of carbonyl (C=O) groups is 1. The molecule has 1 heterocycles. The van der Waals surface area contributed by atoms with Crippen LogP contribution >= 0.6 is 0 Å². The molecule has 0 fully saturated rings. The number of aryl methyl sites for hydroxylation is 2. The van der Waals surface area contributed by atoms with E-state index < -0.39 is 0 Å². The summed E-state index contributed by atoms with van der Waals surface area (Å²) in [4.78, 5) is 19.5. The van der Waals surface area contributed by atoms with Crippen LogP contribution in [0.3, 0.4) is 0 Å². The van der Waals surface area contributed by atoms with E-state index in [1.807, 2.05) is 13.8 Å². The number of rotatable bonds is 2. The lowest BCUT2D eigenvalue weighted by atomic mass is 10.1. The SMILES string of the molecule is Cc1ccc(F)cc1NC(=O)c1cc(C)c2nc[nH]c2c1. The average Bonchev–Trinajstić information content (AvgIpc) is 2.91. The van der Waals surface area contributed by atoms with Crippen molar-refractivity contribution in [3.8, 4) is 0 Å². The molecule has 2 N–H and O–H groups in total. The number of hydrogen-bond donors (Lipinski definition) is 2. The Morgan fingerprint density at radius 1 is 1.19 bits per heavy atom. The number of imidazole rings is 1. The maximum absolute atomic E-state index is 13.3. The molecule has 1 aromatic heterocycles. The summed E-state index contributed by atoms with van der Waals surface area (Å²) in [5.74, 6) is -0.653. The van der Waals surface area contributed by atoms with Crippen molar-refractivity contribution in [1.29, 1.82) is 0 Å². The molecule has 0 spiro atoms. The van der Waals surface area contributed by atoms with Crippen LogP contribution in [0.5, 0.6) is 0 Å². The molecule has 0 saturated carbocycles. The normalized spacial score (nSPS) is 10.8. The van der Waals surface area contributed by atoms with E-state index in [1.54, 1.807) is 24.5 Å². The minimum Gasteiger partial charge on any atom is -0.345 e. The number of carbonyl (C=O) groups excluding carboxylic acids is 1. The summed E-state index contributed by atoms with van der Waals surface area (Å²) in [6.07, 6.45) is 1.59. The quantitative estimate of drug-likeness (QED) is 0.755. The first-order valence-corrected chi connectivity index (χ1v) is 6.56. The number of amides is 1. The molecular weight excluding hydrogens is 269 g/mol. The number of aromatic amines is 1. The number of halogens is 1. The largest absolute Gasteiger partial charge is 0.345 e. The van der Waals surface area contributed by atoms with Crippen molar-refractivity contribution in [3.05, 3.63) is 59.2 Å². The van der Waals surface area contributed by atoms with Crippen LogP contribution in [-0.2, 0) is 0 Å². The highest BCUT2D eigenvalue weighted by Crippen LogP contribution is 2.20. The Balaban J connectivity index is 1.95. The van der Waals surface area contributed by atoms with Crippen molar-refractivity contribution in [1.82, 2.24) is 9.97 Å². The Morgan fingerprint density at radius 2 is 2.00 bits per heavy atom. The molecule has 0 bridgehead atoms. The van der Waals surface area contributed by atoms with E-state index in [0.717, 1.165) is 22.2 Å². The van der Waals surface area contributed by atoms with Crippen molar-refractivity contribution in [2.75, 3.05) is 5.32 Å². The molecule has 3 rings (SSSR count). The predicted octanol–water partition coefficient (Wildman–Crippen LogP) is 3.57. The van der Waals surface area contributed by atoms with Gasteiger partial charge in [0.05, 0.1) is 17.4 Å². The van der Waals surface area contributed by atoms with Crippen LogP contribution < -0.4 is 5.32 Å². The average molecular weight is 283 g/mol. The summed E-state index contributed by atoms with van der Waals surface area (Å²) in [7, 11) is 0. The molecule has 5 heteroatoms. The monoisotopic (exact) mass is 283 g/mol. The van der Waals surface area contributed by atoms with Crippen molar-refractivity contribution in [2.24, 2.45) is 0 Å².